The van der Waals surface area contributed by atoms with Gasteiger partial charge < -0.3 is 14.2 Å². The molecule has 1 aliphatic heterocycles. The predicted octanol–water partition coefficient (Wildman–Crippen LogP) is 7.01. The van der Waals surface area contributed by atoms with E-state index in [1.54, 1.807) is 12.1 Å². The molecule has 1 heterocycles. The van der Waals surface area contributed by atoms with Gasteiger partial charge in [-0.05, 0) is 42.2 Å². The fraction of sp³-hybridized carbons (Fsp3) is 0.259. The molecule has 3 nitrogen and oxygen atoms in total. The molecule has 0 spiro atoms. The largest absolute Gasteiger partial charge is 0.490 e. The predicted molar refractivity (Wildman–Crippen MR) is 122 cm³/mol. The average molecular weight is 472 g/mol. The molecular weight excluding hydrogens is 448 g/mol. The molecule has 7 heteroatoms. The van der Waals surface area contributed by atoms with Gasteiger partial charge in [-0.25, -0.2) is 13.2 Å². The third kappa shape index (κ3) is 5.00. The number of hydrogen-bond donors (Lipinski definition) is 0. The highest BCUT2D eigenvalue weighted by Crippen LogP contribution is 2.34. The first-order valence-electron chi connectivity index (χ1n) is 11.0. The highest BCUT2D eigenvalue weighted by atomic mass is 19.2. The second kappa shape index (κ2) is 10.8. The Morgan fingerprint density at radius 1 is 0.794 bits per heavy atom. The summed E-state index contributed by atoms with van der Waals surface area (Å²) in [4.78, 5) is 0. The van der Waals surface area contributed by atoms with Crippen LogP contribution in [0.3, 0.4) is 0 Å². The summed E-state index contributed by atoms with van der Waals surface area (Å²) in [6, 6.07) is 12.0. The lowest BCUT2D eigenvalue weighted by molar-refractivity contribution is -0.108. The average Bonchev–Trinajstić information content (AvgIpc) is 2.87. The number of allylic oxidation sites excluding steroid dienone is 1. The SMILES string of the molecule is C/C=C\CCOc1ccc(-c2ccc(-c3ccc(C4COCOC4)c(F)c3F)cc2)c(F)c1F. The van der Waals surface area contributed by atoms with Gasteiger partial charge >= 0.3 is 0 Å². The zero-order valence-electron chi connectivity index (χ0n) is 18.6. The first-order chi connectivity index (χ1) is 16.5. The summed E-state index contributed by atoms with van der Waals surface area (Å²) in [6.07, 6.45) is 4.30. The van der Waals surface area contributed by atoms with Crippen LogP contribution in [0.15, 0.2) is 60.7 Å². The number of rotatable bonds is 7. The van der Waals surface area contributed by atoms with Crippen molar-refractivity contribution < 1.29 is 31.8 Å². The smallest absolute Gasteiger partial charge is 0.201 e. The van der Waals surface area contributed by atoms with E-state index in [2.05, 4.69) is 0 Å². The van der Waals surface area contributed by atoms with Crippen molar-refractivity contribution >= 4 is 0 Å². The molecule has 0 radical (unpaired) electrons. The fourth-order valence-corrected chi connectivity index (χ4v) is 3.87. The molecule has 34 heavy (non-hydrogen) atoms. The molecule has 1 fully saturated rings. The molecule has 0 N–H and O–H groups in total. The lowest BCUT2D eigenvalue weighted by atomic mass is 9.94. The van der Waals surface area contributed by atoms with Crippen LogP contribution in [0.5, 0.6) is 5.75 Å². The van der Waals surface area contributed by atoms with Crippen LogP contribution in [-0.4, -0.2) is 26.6 Å². The van der Waals surface area contributed by atoms with E-state index < -0.39 is 23.3 Å². The molecule has 1 aliphatic rings. The molecule has 3 aromatic carbocycles. The topological polar surface area (TPSA) is 27.7 Å². The van der Waals surface area contributed by atoms with Gasteiger partial charge in [0.05, 0.1) is 19.8 Å². The minimum Gasteiger partial charge on any atom is -0.490 e. The zero-order chi connectivity index (χ0) is 24.1. The molecule has 3 aromatic rings. The molecular formula is C27H24F4O3. The summed E-state index contributed by atoms with van der Waals surface area (Å²) in [5.41, 5.74) is 1.12. The highest BCUT2D eigenvalue weighted by molar-refractivity contribution is 5.71. The monoisotopic (exact) mass is 472 g/mol. The Hall–Kier alpha value is -3.16. The summed E-state index contributed by atoms with van der Waals surface area (Å²) in [5, 5.41) is 0. The second-order valence-electron chi connectivity index (χ2n) is 7.91. The molecule has 0 aromatic heterocycles. The second-order valence-corrected chi connectivity index (χ2v) is 7.91. The van der Waals surface area contributed by atoms with Gasteiger partial charge in [-0.2, -0.15) is 4.39 Å². The first kappa shape index (κ1) is 24.0. The van der Waals surface area contributed by atoms with Gasteiger partial charge in [0.2, 0.25) is 5.82 Å². The van der Waals surface area contributed by atoms with Gasteiger partial charge in [-0.3, -0.25) is 0 Å². The summed E-state index contributed by atoms with van der Waals surface area (Å²) in [7, 11) is 0. The summed E-state index contributed by atoms with van der Waals surface area (Å²) in [5.74, 6) is -4.57. The maximum absolute atomic E-state index is 14.9. The summed E-state index contributed by atoms with van der Waals surface area (Å²) >= 11 is 0. The van der Waals surface area contributed by atoms with E-state index in [1.165, 1.54) is 36.4 Å². The van der Waals surface area contributed by atoms with Crippen LogP contribution in [0, 0.1) is 23.3 Å². The lowest BCUT2D eigenvalue weighted by Crippen LogP contribution is -2.23. The molecule has 178 valence electrons. The standard InChI is InChI=1S/C27H24F4O3/c1-2-3-4-13-34-23-12-11-21(26(30)27(23)31)18-7-5-17(6-8-18)20-9-10-22(25(29)24(20)28)19-14-32-16-33-15-19/h2-3,5-12,19H,4,13-16H2,1H3/b3-2-. The normalized spacial score (nSPS) is 14.6. The van der Waals surface area contributed by atoms with Crippen molar-refractivity contribution in [3.8, 4) is 28.0 Å². The van der Waals surface area contributed by atoms with Crippen LogP contribution in [0.1, 0.15) is 24.8 Å². The Balaban J connectivity index is 1.55. The third-order valence-electron chi connectivity index (χ3n) is 5.69. The Morgan fingerprint density at radius 2 is 1.38 bits per heavy atom. The molecule has 0 bridgehead atoms. The maximum Gasteiger partial charge on any atom is 0.201 e. The summed E-state index contributed by atoms with van der Waals surface area (Å²) < 4.78 is 74.4. The highest BCUT2D eigenvalue weighted by Gasteiger charge is 2.24. The molecule has 0 amide bonds. The number of halogens is 4. The van der Waals surface area contributed by atoms with Gasteiger partial charge in [0.15, 0.2) is 23.2 Å². The first-order valence-corrected chi connectivity index (χ1v) is 11.0. The zero-order valence-corrected chi connectivity index (χ0v) is 18.6. The van der Waals surface area contributed by atoms with Gasteiger partial charge in [0.1, 0.15) is 6.79 Å². The molecule has 1 saturated heterocycles. The van der Waals surface area contributed by atoms with E-state index in [-0.39, 0.29) is 55.0 Å². The van der Waals surface area contributed by atoms with Crippen molar-refractivity contribution in [1.29, 1.82) is 0 Å². The van der Waals surface area contributed by atoms with E-state index >= 15 is 0 Å². The van der Waals surface area contributed by atoms with Gasteiger partial charge in [0.25, 0.3) is 0 Å². The van der Waals surface area contributed by atoms with Crippen LogP contribution in [0.4, 0.5) is 17.6 Å². The van der Waals surface area contributed by atoms with E-state index in [4.69, 9.17) is 14.2 Å². The Labute approximate surface area is 195 Å². The van der Waals surface area contributed by atoms with Crippen molar-refractivity contribution in [2.75, 3.05) is 26.6 Å². The Kier molecular flexibility index (Phi) is 7.65. The van der Waals surface area contributed by atoms with Crippen LogP contribution in [-0.2, 0) is 9.47 Å². The molecule has 0 aliphatic carbocycles. The Morgan fingerprint density at radius 3 is 2.00 bits per heavy atom. The molecule has 0 atom stereocenters. The Bertz CT molecular complexity index is 1170. The van der Waals surface area contributed by atoms with E-state index in [9.17, 15) is 17.6 Å². The van der Waals surface area contributed by atoms with Gasteiger partial charge in [-0.15, -0.1) is 0 Å². The number of ether oxygens (including phenoxy) is 3. The van der Waals surface area contributed by atoms with Crippen LogP contribution >= 0.6 is 0 Å². The van der Waals surface area contributed by atoms with Crippen LogP contribution in [0.2, 0.25) is 0 Å². The minimum atomic E-state index is -1.07. The quantitative estimate of drug-likeness (QED) is 0.210. The number of benzene rings is 3. The summed E-state index contributed by atoms with van der Waals surface area (Å²) in [6.45, 7) is 2.75. The van der Waals surface area contributed by atoms with Crippen molar-refractivity contribution in [2.24, 2.45) is 0 Å². The van der Waals surface area contributed by atoms with Crippen LogP contribution in [0.25, 0.3) is 22.3 Å². The van der Waals surface area contributed by atoms with Crippen molar-refractivity contribution in [3.63, 3.8) is 0 Å². The van der Waals surface area contributed by atoms with E-state index in [0.29, 0.717) is 17.5 Å². The van der Waals surface area contributed by atoms with E-state index in [0.717, 1.165) is 0 Å². The van der Waals surface area contributed by atoms with Crippen molar-refractivity contribution in [1.82, 2.24) is 0 Å². The number of hydrogen-bond acceptors (Lipinski definition) is 3. The minimum absolute atomic E-state index is 0.0455. The van der Waals surface area contributed by atoms with Crippen molar-refractivity contribution in [2.45, 2.75) is 19.3 Å². The molecule has 4 rings (SSSR count). The lowest BCUT2D eigenvalue weighted by Gasteiger charge is -2.23. The maximum atomic E-state index is 14.9. The van der Waals surface area contributed by atoms with Gasteiger partial charge in [0, 0.05) is 17.0 Å². The molecule has 0 saturated carbocycles. The van der Waals surface area contributed by atoms with Crippen LogP contribution < -0.4 is 4.74 Å². The molecule has 0 unspecified atom stereocenters. The van der Waals surface area contributed by atoms with E-state index in [1.807, 2.05) is 19.1 Å². The van der Waals surface area contributed by atoms with Crippen molar-refractivity contribution in [3.05, 3.63) is 89.5 Å². The van der Waals surface area contributed by atoms with Gasteiger partial charge in [-0.1, -0.05) is 48.6 Å². The fourth-order valence-electron chi connectivity index (χ4n) is 3.87. The third-order valence-corrected chi connectivity index (χ3v) is 5.69.